The van der Waals surface area contributed by atoms with E-state index >= 15 is 0 Å². The zero-order valence-electron chi connectivity index (χ0n) is 13.9. The summed E-state index contributed by atoms with van der Waals surface area (Å²) in [6.07, 6.45) is 3.06. The number of amides is 3. The molecule has 3 amide bonds. The minimum atomic E-state index is -5.51. The molecule has 28 heavy (non-hydrogen) atoms. The van der Waals surface area contributed by atoms with Gasteiger partial charge in [0.05, 0.1) is 10.6 Å². The molecule has 1 aromatic carbocycles. The van der Waals surface area contributed by atoms with Crippen molar-refractivity contribution in [1.82, 2.24) is 9.88 Å². The van der Waals surface area contributed by atoms with E-state index in [-0.39, 0.29) is 18.8 Å². The van der Waals surface area contributed by atoms with Gasteiger partial charge in [0.15, 0.2) is 0 Å². The fraction of sp³-hybridized carbons (Fsp3) is 0.188. The third-order valence-corrected chi connectivity index (χ3v) is 6.18. The van der Waals surface area contributed by atoms with Crippen molar-refractivity contribution in [2.24, 2.45) is 0 Å². The summed E-state index contributed by atoms with van der Waals surface area (Å²) in [7, 11) is -5.51. The van der Waals surface area contributed by atoms with Crippen molar-refractivity contribution in [3.05, 3.63) is 52.8 Å². The summed E-state index contributed by atoms with van der Waals surface area (Å²) in [5, 5.41) is 0. The number of rotatable bonds is 4. The lowest BCUT2D eigenvalue weighted by atomic mass is 10.2. The minimum absolute atomic E-state index is 0.0209. The number of hydrogen-bond donors (Lipinski definition) is 0. The maximum Gasteiger partial charge on any atom is 0.501 e. The zero-order chi connectivity index (χ0) is 20.7. The largest absolute Gasteiger partial charge is 0.501 e. The molecular weight excluding hydrogens is 467 g/mol. The van der Waals surface area contributed by atoms with Crippen LogP contribution in [0.25, 0.3) is 0 Å². The summed E-state index contributed by atoms with van der Waals surface area (Å²) in [4.78, 5) is 29.8. The van der Waals surface area contributed by atoms with Crippen molar-refractivity contribution in [3.63, 3.8) is 0 Å². The number of sulfone groups is 1. The smallest absolute Gasteiger partial charge is 0.310 e. The molecule has 0 spiro atoms. The third-order valence-electron chi connectivity index (χ3n) is 3.96. The number of aromatic nitrogens is 1. The number of anilines is 1. The van der Waals surface area contributed by atoms with E-state index in [0.29, 0.717) is 22.2 Å². The highest BCUT2D eigenvalue weighted by molar-refractivity contribution is 9.10. The van der Waals surface area contributed by atoms with Crippen LogP contribution in [0.15, 0.2) is 52.1 Å². The van der Waals surface area contributed by atoms with E-state index in [9.17, 15) is 31.2 Å². The van der Waals surface area contributed by atoms with Crippen LogP contribution in [0, 0.1) is 0 Å². The van der Waals surface area contributed by atoms with E-state index < -0.39 is 32.2 Å². The molecule has 0 N–H and O–H groups in total. The van der Waals surface area contributed by atoms with Gasteiger partial charge in [-0.15, -0.1) is 0 Å². The van der Waals surface area contributed by atoms with Crippen LogP contribution >= 0.6 is 15.9 Å². The quantitative estimate of drug-likeness (QED) is 0.631. The van der Waals surface area contributed by atoms with Gasteiger partial charge in [-0.1, -0.05) is 0 Å². The molecule has 1 saturated heterocycles. The first-order chi connectivity index (χ1) is 13.0. The highest BCUT2D eigenvalue weighted by Gasteiger charge is 2.47. The third kappa shape index (κ3) is 3.61. The van der Waals surface area contributed by atoms with Gasteiger partial charge >= 0.3 is 11.5 Å². The molecule has 0 aliphatic carbocycles. The van der Waals surface area contributed by atoms with Crippen molar-refractivity contribution in [3.8, 4) is 0 Å². The second-order valence-electron chi connectivity index (χ2n) is 5.78. The lowest BCUT2D eigenvalue weighted by Gasteiger charge is -2.18. The SMILES string of the molecule is O=C1CN(Cc2ccncc2Br)C(=O)N1c1ccc(S(=O)(=O)C(F)(F)F)cc1. The number of carbonyl (C=O) groups excluding carboxylic acids is 2. The Balaban J connectivity index is 1.83. The Labute approximate surface area is 165 Å². The highest BCUT2D eigenvalue weighted by Crippen LogP contribution is 2.32. The minimum Gasteiger partial charge on any atom is -0.310 e. The average molecular weight is 478 g/mol. The van der Waals surface area contributed by atoms with Crippen molar-refractivity contribution in [2.75, 3.05) is 11.4 Å². The van der Waals surface area contributed by atoms with E-state index in [4.69, 9.17) is 0 Å². The predicted molar refractivity (Wildman–Crippen MR) is 94.9 cm³/mol. The van der Waals surface area contributed by atoms with Crippen molar-refractivity contribution >= 4 is 43.4 Å². The number of pyridine rings is 1. The van der Waals surface area contributed by atoms with E-state index in [1.807, 2.05) is 0 Å². The van der Waals surface area contributed by atoms with Gasteiger partial charge in [-0.25, -0.2) is 18.1 Å². The van der Waals surface area contributed by atoms with Crippen LogP contribution in [0.2, 0.25) is 0 Å². The van der Waals surface area contributed by atoms with Gasteiger partial charge in [0.1, 0.15) is 6.54 Å². The second-order valence-corrected chi connectivity index (χ2v) is 8.57. The zero-order valence-corrected chi connectivity index (χ0v) is 16.3. The summed E-state index contributed by atoms with van der Waals surface area (Å²) in [5.74, 6) is -0.582. The Morgan fingerprint density at radius 2 is 1.75 bits per heavy atom. The fourth-order valence-electron chi connectivity index (χ4n) is 2.57. The van der Waals surface area contributed by atoms with Gasteiger partial charge in [0, 0.05) is 23.4 Å². The number of nitrogens with zero attached hydrogens (tertiary/aromatic N) is 3. The number of alkyl halides is 3. The predicted octanol–water partition coefficient (Wildman–Crippen LogP) is 3.11. The normalized spacial score (nSPS) is 15.4. The van der Waals surface area contributed by atoms with Crippen LogP contribution < -0.4 is 4.90 Å². The fourth-order valence-corrected chi connectivity index (χ4v) is 3.71. The Morgan fingerprint density at radius 1 is 1.11 bits per heavy atom. The molecule has 12 heteroatoms. The van der Waals surface area contributed by atoms with E-state index in [0.717, 1.165) is 17.0 Å². The molecule has 0 bridgehead atoms. The van der Waals surface area contributed by atoms with Crippen LogP contribution in [0.4, 0.5) is 23.7 Å². The van der Waals surface area contributed by atoms with E-state index in [1.54, 1.807) is 6.07 Å². The monoisotopic (exact) mass is 477 g/mol. The van der Waals surface area contributed by atoms with Crippen LogP contribution in [0.1, 0.15) is 5.56 Å². The summed E-state index contributed by atoms with van der Waals surface area (Å²) in [6.45, 7) is -0.110. The second kappa shape index (κ2) is 7.17. The molecule has 0 radical (unpaired) electrons. The Hall–Kier alpha value is -2.47. The standard InChI is InChI=1S/C16H11BrF3N3O4S/c17-13-7-21-6-5-10(13)8-22-9-14(24)23(15(22)25)11-1-3-12(4-2-11)28(26,27)16(18,19)20/h1-7H,8-9H2. The molecule has 0 saturated carbocycles. The van der Waals surface area contributed by atoms with E-state index in [2.05, 4.69) is 20.9 Å². The highest BCUT2D eigenvalue weighted by atomic mass is 79.9. The van der Waals surface area contributed by atoms with Crippen molar-refractivity contribution < 1.29 is 31.2 Å². The summed E-state index contributed by atoms with van der Waals surface area (Å²) < 4.78 is 61.3. The molecule has 1 aliphatic rings. The van der Waals surface area contributed by atoms with Gasteiger partial charge in [0.25, 0.3) is 15.7 Å². The molecule has 7 nitrogen and oxygen atoms in total. The van der Waals surface area contributed by atoms with Gasteiger partial charge < -0.3 is 4.90 Å². The van der Waals surface area contributed by atoms with Crippen LogP contribution in [-0.2, 0) is 21.2 Å². The van der Waals surface area contributed by atoms with Crippen LogP contribution in [0.3, 0.4) is 0 Å². The Kier molecular flexibility index (Phi) is 5.19. The number of hydrogen-bond acceptors (Lipinski definition) is 5. The first-order valence-corrected chi connectivity index (χ1v) is 9.91. The van der Waals surface area contributed by atoms with Crippen LogP contribution in [0.5, 0.6) is 0 Å². The molecule has 0 atom stereocenters. The molecule has 3 rings (SSSR count). The first-order valence-electron chi connectivity index (χ1n) is 7.64. The molecule has 1 fully saturated rings. The number of carbonyl (C=O) groups is 2. The Morgan fingerprint density at radius 3 is 2.32 bits per heavy atom. The topological polar surface area (TPSA) is 87.7 Å². The summed E-state index contributed by atoms with van der Waals surface area (Å²) in [6, 6.07) is 4.39. The summed E-state index contributed by atoms with van der Waals surface area (Å²) >= 11 is 3.29. The van der Waals surface area contributed by atoms with Gasteiger partial charge in [0.2, 0.25) is 0 Å². The van der Waals surface area contributed by atoms with Crippen molar-refractivity contribution in [1.29, 1.82) is 0 Å². The van der Waals surface area contributed by atoms with Gasteiger partial charge in [-0.3, -0.25) is 9.78 Å². The molecular formula is C16H11BrF3N3O4S. The molecule has 1 aliphatic heterocycles. The molecule has 2 aromatic rings. The molecule has 148 valence electrons. The lowest BCUT2D eigenvalue weighted by Crippen LogP contribution is -2.33. The van der Waals surface area contributed by atoms with Gasteiger partial charge in [-0.05, 0) is 51.8 Å². The van der Waals surface area contributed by atoms with E-state index in [1.165, 1.54) is 17.3 Å². The van der Waals surface area contributed by atoms with Gasteiger partial charge in [-0.2, -0.15) is 13.2 Å². The van der Waals surface area contributed by atoms with Crippen molar-refractivity contribution in [2.45, 2.75) is 16.9 Å². The Bertz CT molecular complexity index is 1040. The lowest BCUT2D eigenvalue weighted by molar-refractivity contribution is -0.116. The number of halogens is 4. The molecule has 2 heterocycles. The number of benzene rings is 1. The number of imide groups is 1. The summed E-state index contributed by atoms with van der Waals surface area (Å²) in [5.41, 5.74) is -4.75. The maximum atomic E-state index is 12.6. The first kappa shape index (κ1) is 20.3. The maximum absolute atomic E-state index is 12.6. The van der Waals surface area contributed by atoms with Crippen LogP contribution in [-0.4, -0.2) is 42.3 Å². The number of urea groups is 1. The molecule has 1 aromatic heterocycles. The molecule has 0 unspecified atom stereocenters. The average Bonchev–Trinajstić information content (AvgIpc) is 2.89.